The fourth-order valence-corrected chi connectivity index (χ4v) is 1.46. The van der Waals surface area contributed by atoms with Crippen LogP contribution in [0.4, 0.5) is 4.39 Å². The zero-order valence-corrected chi connectivity index (χ0v) is 10.6. The molecule has 5 heteroatoms. The quantitative estimate of drug-likeness (QED) is 0.869. The summed E-state index contributed by atoms with van der Waals surface area (Å²) in [6.45, 7) is 4.04. The number of carbonyl (C=O) groups is 1. The molecule has 0 bridgehead atoms. The predicted molar refractivity (Wildman–Crippen MR) is 66.1 cm³/mol. The highest BCUT2D eigenvalue weighted by molar-refractivity contribution is 6.30. The third kappa shape index (κ3) is 3.98. The topological polar surface area (TPSA) is 55.1 Å². The molecule has 0 unspecified atom stereocenters. The van der Waals surface area contributed by atoms with Crippen LogP contribution in [-0.2, 0) is 11.3 Å². The SMILES string of the molecule is CC(C)[C@H](N)C(=O)NCc1ccc(F)c(Cl)c1. The average molecular weight is 259 g/mol. The highest BCUT2D eigenvalue weighted by Crippen LogP contribution is 2.15. The number of nitrogens with two attached hydrogens (primary N) is 1. The molecule has 0 radical (unpaired) electrons. The first kappa shape index (κ1) is 13.9. The van der Waals surface area contributed by atoms with Crippen molar-refractivity contribution in [3.8, 4) is 0 Å². The highest BCUT2D eigenvalue weighted by Gasteiger charge is 2.16. The van der Waals surface area contributed by atoms with Crippen molar-refractivity contribution in [3.05, 3.63) is 34.6 Å². The molecule has 0 aliphatic rings. The van der Waals surface area contributed by atoms with Crippen molar-refractivity contribution in [3.63, 3.8) is 0 Å². The molecule has 0 aliphatic carbocycles. The molecule has 1 aromatic rings. The number of halogens is 2. The van der Waals surface area contributed by atoms with Crippen molar-refractivity contribution in [1.29, 1.82) is 0 Å². The van der Waals surface area contributed by atoms with E-state index in [0.29, 0.717) is 6.54 Å². The van der Waals surface area contributed by atoms with Crippen LogP contribution in [0.5, 0.6) is 0 Å². The van der Waals surface area contributed by atoms with Crippen molar-refractivity contribution in [1.82, 2.24) is 5.32 Å². The van der Waals surface area contributed by atoms with Crippen LogP contribution in [-0.4, -0.2) is 11.9 Å². The van der Waals surface area contributed by atoms with Gasteiger partial charge in [-0.15, -0.1) is 0 Å². The van der Waals surface area contributed by atoms with Gasteiger partial charge in [-0.25, -0.2) is 4.39 Å². The summed E-state index contributed by atoms with van der Waals surface area (Å²) in [5.41, 5.74) is 6.42. The largest absolute Gasteiger partial charge is 0.351 e. The van der Waals surface area contributed by atoms with Crippen molar-refractivity contribution in [2.75, 3.05) is 0 Å². The van der Waals surface area contributed by atoms with Gasteiger partial charge in [0.05, 0.1) is 11.1 Å². The number of hydrogen-bond acceptors (Lipinski definition) is 2. The van der Waals surface area contributed by atoms with Gasteiger partial charge in [0.15, 0.2) is 0 Å². The lowest BCUT2D eigenvalue weighted by atomic mass is 10.0. The maximum absolute atomic E-state index is 12.9. The Labute approximate surface area is 105 Å². The Kier molecular flexibility index (Phi) is 4.90. The van der Waals surface area contributed by atoms with E-state index in [-0.39, 0.29) is 16.8 Å². The fourth-order valence-electron chi connectivity index (χ4n) is 1.26. The van der Waals surface area contributed by atoms with E-state index in [2.05, 4.69) is 5.32 Å². The molecule has 3 N–H and O–H groups in total. The Morgan fingerprint density at radius 1 is 1.53 bits per heavy atom. The number of rotatable bonds is 4. The highest BCUT2D eigenvalue weighted by atomic mass is 35.5. The lowest BCUT2D eigenvalue weighted by Gasteiger charge is -2.15. The van der Waals surface area contributed by atoms with Gasteiger partial charge in [0.25, 0.3) is 0 Å². The molecule has 94 valence electrons. The zero-order chi connectivity index (χ0) is 13.0. The van der Waals surface area contributed by atoms with E-state index < -0.39 is 11.9 Å². The number of hydrogen-bond donors (Lipinski definition) is 2. The van der Waals surface area contributed by atoms with E-state index in [0.717, 1.165) is 5.56 Å². The smallest absolute Gasteiger partial charge is 0.237 e. The van der Waals surface area contributed by atoms with Crippen LogP contribution in [0.25, 0.3) is 0 Å². The van der Waals surface area contributed by atoms with Crippen molar-refractivity contribution in [2.24, 2.45) is 11.7 Å². The van der Waals surface area contributed by atoms with E-state index in [9.17, 15) is 9.18 Å². The van der Waals surface area contributed by atoms with Crippen LogP contribution in [0.1, 0.15) is 19.4 Å². The standard InChI is InChI=1S/C12H16ClFN2O/c1-7(2)11(15)12(17)16-6-8-3-4-10(14)9(13)5-8/h3-5,7,11H,6,15H2,1-2H3,(H,16,17)/t11-/m0/s1. The molecule has 17 heavy (non-hydrogen) atoms. The molecule has 0 aliphatic heterocycles. The maximum atomic E-state index is 12.9. The van der Waals surface area contributed by atoms with E-state index in [1.165, 1.54) is 12.1 Å². The van der Waals surface area contributed by atoms with Crippen LogP contribution in [0.2, 0.25) is 5.02 Å². The van der Waals surface area contributed by atoms with Crippen LogP contribution in [0, 0.1) is 11.7 Å². The molecule has 1 aromatic carbocycles. The molecule has 0 spiro atoms. The monoisotopic (exact) mass is 258 g/mol. The van der Waals surface area contributed by atoms with Gasteiger partial charge in [0.2, 0.25) is 5.91 Å². The summed E-state index contributed by atoms with van der Waals surface area (Å²) >= 11 is 5.63. The Balaban J connectivity index is 2.56. The predicted octanol–water partition coefficient (Wildman–Crippen LogP) is 2.08. The molecule has 0 fully saturated rings. The molecule has 0 aromatic heterocycles. The van der Waals surface area contributed by atoms with Gasteiger partial charge < -0.3 is 11.1 Å². The lowest BCUT2D eigenvalue weighted by molar-refractivity contribution is -0.123. The first-order valence-corrected chi connectivity index (χ1v) is 5.77. The van der Waals surface area contributed by atoms with Crippen LogP contribution in [0.3, 0.4) is 0 Å². The second kappa shape index (κ2) is 5.98. The van der Waals surface area contributed by atoms with E-state index in [1.807, 2.05) is 13.8 Å². The molecule has 1 atom stereocenters. The van der Waals surface area contributed by atoms with Gasteiger partial charge in [-0.2, -0.15) is 0 Å². The Morgan fingerprint density at radius 3 is 2.71 bits per heavy atom. The summed E-state index contributed by atoms with van der Waals surface area (Å²) in [5, 5.41) is 2.73. The first-order chi connectivity index (χ1) is 7.91. The normalized spacial score (nSPS) is 12.6. The van der Waals surface area contributed by atoms with Crippen LogP contribution < -0.4 is 11.1 Å². The van der Waals surface area contributed by atoms with Crippen molar-refractivity contribution < 1.29 is 9.18 Å². The third-order valence-corrected chi connectivity index (χ3v) is 2.76. The average Bonchev–Trinajstić information content (AvgIpc) is 2.29. The zero-order valence-electron chi connectivity index (χ0n) is 9.84. The Morgan fingerprint density at radius 2 is 2.18 bits per heavy atom. The van der Waals surface area contributed by atoms with E-state index >= 15 is 0 Å². The molecule has 0 saturated carbocycles. The Hall–Kier alpha value is -1.13. The van der Waals surface area contributed by atoms with Crippen LogP contribution >= 0.6 is 11.6 Å². The van der Waals surface area contributed by atoms with Gasteiger partial charge in [-0.3, -0.25) is 4.79 Å². The van der Waals surface area contributed by atoms with Crippen molar-refractivity contribution >= 4 is 17.5 Å². The molecule has 1 amide bonds. The van der Waals surface area contributed by atoms with Gasteiger partial charge in [0, 0.05) is 6.54 Å². The molecule has 0 heterocycles. The molecule has 1 rings (SSSR count). The number of amides is 1. The summed E-state index contributed by atoms with van der Waals surface area (Å²) in [5.74, 6) is -0.618. The third-order valence-electron chi connectivity index (χ3n) is 2.47. The summed E-state index contributed by atoms with van der Waals surface area (Å²) < 4.78 is 12.9. The van der Waals surface area contributed by atoms with E-state index in [4.69, 9.17) is 17.3 Å². The summed E-state index contributed by atoms with van der Waals surface area (Å²) in [7, 11) is 0. The van der Waals surface area contributed by atoms with Gasteiger partial charge >= 0.3 is 0 Å². The molecular weight excluding hydrogens is 243 g/mol. The van der Waals surface area contributed by atoms with Gasteiger partial charge in [0.1, 0.15) is 5.82 Å². The summed E-state index contributed by atoms with van der Waals surface area (Å²) in [4.78, 5) is 11.6. The first-order valence-electron chi connectivity index (χ1n) is 5.39. The minimum Gasteiger partial charge on any atom is -0.351 e. The van der Waals surface area contributed by atoms with Gasteiger partial charge in [-0.1, -0.05) is 31.5 Å². The number of nitrogens with one attached hydrogen (secondary N) is 1. The Bertz CT molecular complexity index is 409. The second-order valence-corrected chi connectivity index (χ2v) is 4.64. The van der Waals surface area contributed by atoms with Gasteiger partial charge in [-0.05, 0) is 23.6 Å². The van der Waals surface area contributed by atoms with Crippen molar-refractivity contribution in [2.45, 2.75) is 26.4 Å². The van der Waals surface area contributed by atoms with E-state index in [1.54, 1.807) is 6.07 Å². The molecule has 3 nitrogen and oxygen atoms in total. The number of benzene rings is 1. The maximum Gasteiger partial charge on any atom is 0.237 e. The minimum atomic E-state index is -0.536. The van der Waals surface area contributed by atoms with Crippen LogP contribution in [0.15, 0.2) is 18.2 Å². The summed E-state index contributed by atoms with van der Waals surface area (Å²) in [6.07, 6.45) is 0. The second-order valence-electron chi connectivity index (χ2n) is 4.24. The molecular formula is C12H16ClFN2O. The number of carbonyl (C=O) groups excluding carboxylic acids is 1. The molecule has 0 saturated heterocycles. The minimum absolute atomic E-state index is 0.0462. The fraction of sp³-hybridized carbons (Fsp3) is 0.417. The lowest BCUT2D eigenvalue weighted by Crippen LogP contribution is -2.43. The summed E-state index contributed by atoms with van der Waals surface area (Å²) in [6, 6.07) is 3.79.